The lowest BCUT2D eigenvalue weighted by Gasteiger charge is -2.22. The quantitative estimate of drug-likeness (QED) is 0.895. The van der Waals surface area contributed by atoms with E-state index in [0.29, 0.717) is 10.0 Å². The maximum Gasteiger partial charge on any atom is 0.401 e. The fourth-order valence-corrected chi connectivity index (χ4v) is 2.25. The molecular weight excluding hydrogens is 327 g/mol. The van der Waals surface area contributed by atoms with Crippen LogP contribution in [-0.4, -0.2) is 35.2 Å². The lowest BCUT2D eigenvalue weighted by atomic mass is 10.1. The summed E-state index contributed by atoms with van der Waals surface area (Å²) in [6.45, 7) is -0.120. The van der Waals surface area contributed by atoms with E-state index in [9.17, 15) is 18.0 Å². The van der Waals surface area contributed by atoms with Crippen molar-refractivity contribution in [1.82, 2.24) is 4.90 Å². The molecule has 0 aromatic heterocycles. The summed E-state index contributed by atoms with van der Waals surface area (Å²) < 4.78 is 37.8. The molecule has 0 amide bonds. The molecular formula is C12H13BrF3NO2. The minimum Gasteiger partial charge on any atom is -0.480 e. The highest BCUT2D eigenvalue weighted by Gasteiger charge is 2.31. The van der Waals surface area contributed by atoms with E-state index in [1.165, 1.54) is 0 Å². The molecule has 0 saturated heterocycles. The normalized spacial score (nSPS) is 11.9. The number of benzene rings is 1. The molecule has 0 atom stereocenters. The van der Waals surface area contributed by atoms with Gasteiger partial charge in [-0.2, -0.15) is 13.2 Å². The van der Waals surface area contributed by atoms with Crippen molar-refractivity contribution in [3.63, 3.8) is 0 Å². The highest BCUT2D eigenvalue weighted by Crippen LogP contribution is 2.22. The zero-order valence-corrected chi connectivity index (χ0v) is 11.8. The number of nitrogens with zero attached hydrogens (tertiary/aromatic N) is 1. The highest BCUT2D eigenvalue weighted by atomic mass is 79.9. The smallest absolute Gasteiger partial charge is 0.401 e. The van der Waals surface area contributed by atoms with Gasteiger partial charge in [0, 0.05) is 11.0 Å². The molecule has 0 spiro atoms. The zero-order chi connectivity index (χ0) is 14.6. The van der Waals surface area contributed by atoms with Gasteiger partial charge in [-0.25, -0.2) is 0 Å². The number of carbonyl (C=O) groups is 1. The average Bonchev–Trinajstić information content (AvgIpc) is 2.18. The van der Waals surface area contributed by atoms with Crippen LogP contribution in [0, 0.1) is 6.92 Å². The van der Waals surface area contributed by atoms with Gasteiger partial charge >= 0.3 is 12.1 Å². The lowest BCUT2D eigenvalue weighted by Crippen LogP contribution is -2.37. The fraction of sp³-hybridized carbons (Fsp3) is 0.417. The molecule has 1 aromatic carbocycles. The number of alkyl halides is 3. The maximum absolute atomic E-state index is 12.4. The number of halogens is 4. The summed E-state index contributed by atoms with van der Waals surface area (Å²) in [6, 6.07) is 5.24. The largest absolute Gasteiger partial charge is 0.480 e. The van der Waals surface area contributed by atoms with Crippen molar-refractivity contribution in [1.29, 1.82) is 0 Å². The highest BCUT2D eigenvalue weighted by molar-refractivity contribution is 9.10. The van der Waals surface area contributed by atoms with Gasteiger partial charge < -0.3 is 5.11 Å². The van der Waals surface area contributed by atoms with Gasteiger partial charge in [-0.05, 0) is 24.1 Å². The molecule has 3 nitrogen and oxygen atoms in total. The van der Waals surface area contributed by atoms with Crippen LogP contribution in [-0.2, 0) is 11.3 Å². The topological polar surface area (TPSA) is 40.5 Å². The summed E-state index contributed by atoms with van der Waals surface area (Å²) in [6.07, 6.45) is -4.42. The van der Waals surface area contributed by atoms with Crippen molar-refractivity contribution in [2.45, 2.75) is 19.6 Å². The number of aliphatic carboxylic acids is 1. The Morgan fingerprint density at radius 1 is 1.42 bits per heavy atom. The van der Waals surface area contributed by atoms with Crippen molar-refractivity contribution in [2.75, 3.05) is 13.1 Å². The molecule has 0 saturated carbocycles. The van der Waals surface area contributed by atoms with Crippen LogP contribution < -0.4 is 0 Å². The van der Waals surface area contributed by atoms with E-state index in [1.807, 2.05) is 6.92 Å². The minimum atomic E-state index is -4.42. The Bertz CT molecular complexity index is 463. The summed E-state index contributed by atoms with van der Waals surface area (Å²) in [5.74, 6) is -1.28. The third-order valence-electron chi connectivity index (χ3n) is 2.36. The SMILES string of the molecule is Cc1ccc(CN(CC(=O)O)CC(F)(F)F)c(Br)c1. The third-order valence-corrected chi connectivity index (χ3v) is 3.10. The van der Waals surface area contributed by atoms with E-state index in [4.69, 9.17) is 5.11 Å². The standard InChI is InChI=1S/C12H13BrF3NO2/c1-8-2-3-9(10(13)4-8)5-17(6-11(18)19)7-12(14,15)16/h2-4H,5-7H2,1H3,(H,18,19). The average molecular weight is 340 g/mol. The second-order valence-corrected chi connectivity index (χ2v) is 5.10. The Hall–Kier alpha value is -1.08. The molecule has 0 fully saturated rings. The van der Waals surface area contributed by atoms with Gasteiger partial charge in [0.15, 0.2) is 0 Å². The van der Waals surface area contributed by atoms with E-state index in [-0.39, 0.29) is 6.54 Å². The molecule has 1 N–H and O–H groups in total. The zero-order valence-electron chi connectivity index (χ0n) is 10.2. The van der Waals surface area contributed by atoms with Crippen LogP contribution in [0.3, 0.4) is 0 Å². The minimum absolute atomic E-state index is 0.0767. The monoisotopic (exact) mass is 339 g/mol. The van der Waals surface area contributed by atoms with Crippen molar-refractivity contribution in [3.05, 3.63) is 33.8 Å². The molecule has 1 rings (SSSR count). The van der Waals surface area contributed by atoms with Gasteiger partial charge in [0.2, 0.25) is 0 Å². The second-order valence-electron chi connectivity index (χ2n) is 4.25. The van der Waals surface area contributed by atoms with E-state index in [2.05, 4.69) is 15.9 Å². The number of hydrogen-bond donors (Lipinski definition) is 1. The summed E-state index contributed by atoms with van der Waals surface area (Å²) >= 11 is 3.27. The van der Waals surface area contributed by atoms with Gasteiger partial charge in [0.05, 0.1) is 13.1 Å². The van der Waals surface area contributed by atoms with Crippen molar-refractivity contribution in [3.8, 4) is 0 Å². The van der Waals surface area contributed by atoms with E-state index in [1.54, 1.807) is 18.2 Å². The fourth-order valence-electron chi connectivity index (χ4n) is 1.63. The molecule has 19 heavy (non-hydrogen) atoms. The molecule has 0 aliphatic carbocycles. The van der Waals surface area contributed by atoms with E-state index >= 15 is 0 Å². The number of carboxylic acids is 1. The summed E-state index contributed by atoms with van der Waals surface area (Å²) in [5, 5.41) is 8.65. The van der Waals surface area contributed by atoms with Gasteiger partial charge in [-0.15, -0.1) is 0 Å². The van der Waals surface area contributed by atoms with Crippen LogP contribution in [0.2, 0.25) is 0 Å². The van der Waals surface area contributed by atoms with Crippen LogP contribution in [0.5, 0.6) is 0 Å². The maximum atomic E-state index is 12.4. The van der Waals surface area contributed by atoms with E-state index in [0.717, 1.165) is 10.5 Å². The Morgan fingerprint density at radius 3 is 2.53 bits per heavy atom. The van der Waals surface area contributed by atoms with Crippen LogP contribution in [0.25, 0.3) is 0 Å². The molecule has 7 heteroatoms. The predicted molar refractivity (Wildman–Crippen MR) is 67.8 cm³/mol. The number of aryl methyl sites for hydroxylation is 1. The molecule has 0 aliphatic heterocycles. The third kappa shape index (κ3) is 6.07. The molecule has 1 aromatic rings. The first-order valence-corrected chi connectivity index (χ1v) is 6.22. The van der Waals surface area contributed by atoms with Gasteiger partial charge in [-0.1, -0.05) is 28.1 Å². The second kappa shape index (κ2) is 6.38. The summed E-state index contributed by atoms with van der Waals surface area (Å²) in [5.41, 5.74) is 1.59. The molecule has 106 valence electrons. The number of hydrogen-bond acceptors (Lipinski definition) is 2. The Kier molecular flexibility index (Phi) is 5.37. The molecule has 0 heterocycles. The lowest BCUT2D eigenvalue weighted by molar-refractivity contribution is -0.154. The predicted octanol–water partition coefficient (Wildman–Crippen LogP) is 3.21. The summed E-state index contributed by atoms with van der Waals surface area (Å²) in [4.78, 5) is 11.4. The molecule has 0 radical (unpaired) electrons. The first-order valence-electron chi connectivity index (χ1n) is 5.43. The Morgan fingerprint density at radius 2 is 2.05 bits per heavy atom. The molecule has 0 unspecified atom stereocenters. The van der Waals surface area contributed by atoms with Crippen molar-refractivity contribution < 1.29 is 23.1 Å². The number of carboxylic acid groups (broad SMARTS) is 1. The Balaban J connectivity index is 2.84. The Labute approximate surface area is 117 Å². The first kappa shape index (κ1) is 16.0. The van der Waals surface area contributed by atoms with Crippen LogP contribution in [0.4, 0.5) is 13.2 Å². The van der Waals surface area contributed by atoms with Crippen LogP contribution in [0.15, 0.2) is 22.7 Å². The summed E-state index contributed by atoms with van der Waals surface area (Å²) in [7, 11) is 0. The van der Waals surface area contributed by atoms with Crippen molar-refractivity contribution in [2.24, 2.45) is 0 Å². The van der Waals surface area contributed by atoms with Gasteiger partial charge in [-0.3, -0.25) is 9.69 Å². The van der Waals surface area contributed by atoms with Crippen molar-refractivity contribution >= 4 is 21.9 Å². The van der Waals surface area contributed by atoms with Crippen LogP contribution in [0.1, 0.15) is 11.1 Å². The van der Waals surface area contributed by atoms with Crippen LogP contribution >= 0.6 is 15.9 Å². The molecule has 0 aliphatic rings. The van der Waals surface area contributed by atoms with E-state index < -0.39 is 25.2 Å². The number of rotatable bonds is 5. The van der Waals surface area contributed by atoms with Gasteiger partial charge in [0.1, 0.15) is 0 Å². The molecule has 0 bridgehead atoms. The first-order chi connectivity index (χ1) is 8.67. The van der Waals surface area contributed by atoms with Gasteiger partial charge in [0.25, 0.3) is 0 Å².